The molecule has 1 heterocycles. The summed E-state index contributed by atoms with van der Waals surface area (Å²) in [5.41, 5.74) is -0.675. The highest BCUT2D eigenvalue weighted by Gasteiger charge is 2.37. The smallest absolute Gasteiger partial charge is 0.326 e. The van der Waals surface area contributed by atoms with Gasteiger partial charge in [0.1, 0.15) is 16.6 Å². The number of hydrogen-bond acceptors (Lipinski definition) is 4. The van der Waals surface area contributed by atoms with Crippen molar-refractivity contribution in [2.45, 2.75) is 18.9 Å². The van der Waals surface area contributed by atoms with Crippen LogP contribution in [0.15, 0.2) is 18.2 Å². The van der Waals surface area contributed by atoms with Crippen LogP contribution < -0.4 is 0 Å². The number of carboxylic acids is 1. The summed E-state index contributed by atoms with van der Waals surface area (Å²) in [7, 11) is 0. The second-order valence-corrected chi connectivity index (χ2v) is 4.80. The molecular weight excluding hydrogens is 288 g/mol. The third kappa shape index (κ3) is 2.44. The van der Waals surface area contributed by atoms with Crippen molar-refractivity contribution in [1.29, 1.82) is 0 Å². The standard InChI is InChI=1S/C12H11ClN2O5/c13-8-4-1-3-7(10(8)15(19)20)11(16)14-6-2-5-9(14)12(17)18/h1,3-4,9H,2,5-6H2,(H,17,18). The van der Waals surface area contributed by atoms with E-state index in [-0.39, 0.29) is 17.1 Å². The Bertz CT molecular complexity index is 589. The van der Waals surface area contributed by atoms with Gasteiger partial charge in [-0.25, -0.2) is 4.79 Å². The van der Waals surface area contributed by atoms with E-state index < -0.39 is 28.5 Å². The van der Waals surface area contributed by atoms with Crippen molar-refractivity contribution in [3.63, 3.8) is 0 Å². The van der Waals surface area contributed by atoms with Crippen molar-refractivity contribution in [1.82, 2.24) is 4.90 Å². The molecule has 1 aliphatic rings. The molecule has 2 rings (SSSR count). The molecule has 1 atom stereocenters. The van der Waals surface area contributed by atoms with Crippen molar-refractivity contribution in [2.24, 2.45) is 0 Å². The Kier molecular flexibility index (Phi) is 3.89. The maximum absolute atomic E-state index is 12.3. The number of rotatable bonds is 3. The van der Waals surface area contributed by atoms with Crippen molar-refractivity contribution >= 4 is 29.2 Å². The first kappa shape index (κ1) is 14.3. The highest BCUT2D eigenvalue weighted by molar-refractivity contribution is 6.33. The fourth-order valence-electron chi connectivity index (χ4n) is 2.29. The molecule has 1 aromatic carbocycles. The summed E-state index contributed by atoms with van der Waals surface area (Å²) >= 11 is 5.75. The van der Waals surface area contributed by atoms with E-state index in [1.54, 1.807) is 0 Å². The van der Waals surface area contributed by atoms with Gasteiger partial charge in [-0.1, -0.05) is 17.7 Å². The highest BCUT2D eigenvalue weighted by atomic mass is 35.5. The lowest BCUT2D eigenvalue weighted by Gasteiger charge is -2.21. The van der Waals surface area contributed by atoms with E-state index in [9.17, 15) is 19.7 Å². The molecule has 106 valence electrons. The van der Waals surface area contributed by atoms with Crippen LogP contribution in [-0.2, 0) is 4.79 Å². The lowest BCUT2D eigenvalue weighted by molar-refractivity contribution is -0.385. The molecule has 1 saturated heterocycles. The first-order valence-electron chi connectivity index (χ1n) is 5.90. The summed E-state index contributed by atoms with van der Waals surface area (Å²) in [6, 6.07) is 3.08. The normalized spacial score (nSPS) is 18.1. The minimum atomic E-state index is -1.11. The van der Waals surface area contributed by atoms with Crippen molar-refractivity contribution in [3.8, 4) is 0 Å². The van der Waals surface area contributed by atoms with Gasteiger partial charge in [0, 0.05) is 6.54 Å². The molecular formula is C12H11ClN2O5. The van der Waals surface area contributed by atoms with Crippen LogP contribution in [0, 0.1) is 10.1 Å². The quantitative estimate of drug-likeness (QED) is 0.679. The zero-order valence-corrected chi connectivity index (χ0v) is 11.0. The number of carbonyl (C=O) groups excluding carboxylic acids is 1. The monoisotopic (exact) mass is 298 g/mol. The summed E-state index contributed by atoms with van der Waals surface area (Å²) in [5, 5.41) is 19.9. The Morgan fingerprint density at radius 2 is 2.15 bits per heavy atom. The number of nitro groups is 1. The maximum atomic E-state index is 12.3. The van der Waals surface area contributed by atoms with Crippen LogP contribution in [-0.4, -0.2) is 39.4 Å². The Morgan fingerprint density at radius 3 is 2.75 bits per heavy atom. The van der Waals surface area contributed by atoms with Gasteiger partial charge < -0.3 is 10.0 Å². The molecule has 1 aromatic rings. The summed E-state index contributed by atoms with van der Waals surface area (Å²) in [6.45, 7) is 0.263. The number of nitrogens with zero attached hydrogens (tertiary/aromatic N) is 2. The van der Waals surface area contributed by atoms with Gasteiger partial charge in [0.2, 0.25) is 0 Å². The van der Waals surface area contributed by atoms with Crippen molar-refractivity contribution in [2.75, 3.05) is 6.54 Å². The summed E-state index contributed by atoms with van der Waals surface area (Å²) in [5.74, 6) is -1.79. The Labute approximate surface area is 118 Å². The van der Waals surface area contributed by atoms with Gasteiger partial charge in [0.25, 0.3) is 5.91 Å². The average molecular weight is 299 g/mol. The second-order valence-electron chi connectivity index (χ2n) is 4.39. The number of halogens is 1. The van der Waals surface area contributed by atoms with Gasteiger partial charge in [-0.3, -0.25) is 14.9 Å². The number of nitro benzene ring substituents is 1. The topological polar surface area (TPSA) is 101 Å². The molecule has 1 unspecified atom stereocenters. The number of benzene rings is 1. The number of carboxylic acid groups (broad SMARTS) is 1. The molecule has 1 amide bonds. The van der Waals surface area contributed by atoms with Gasteiger partial charge >= 0.3 is 11.7 Å². The van der Waals surface area contributed by atoms with Gasteiger partial charge in [-0.15, -0.1) is 0 Å². The fraction of sp³-hybridized carbons (Fsp3) is 0.333. The first-order chi connectivity index (χ1) is 9.43. The molecule has 7 nitrogen and oxygen atoms in total. The van der Waals surface area contributed by atoms with E-state index in [1.807, 2.05) is 0 Å². The average Bonchev–Trinajstić information content (AvgIpc) is 2.86. The zero-order chi connectivity index (χ0) is 14.9. The number of carbonyl (C=O) groups is 2. The lowest BCUT2D eigenvalue weighted by atomic mass is 10.1. The van der Waals surface area contributed by atoms with E-state index in [1.165, 1.54) is 18.2 Å². The van der Waals surface area contributed by atoms with Gasteiger partial charge in [0.15, 0.2) is 0 Å². The van der Waals surface area contributed by atoms with Crippen LogP contribution in [0.1, 0.15) is 23.2 Å². The molecule has 8 heteroatoms. The molecule has 0 aliphatic carbocycles. The molecule has 0 radical (unpaired) electrons. The second kappa shape index (κ2) is 5.46. The van der Waals surface area contributed by atoms with E-state index in [0.29, 0.717) is 12.8 Å². The molecule has 20 heavy (non-hydrogen) atoms. The Morgan fingerprint density at radius 1 is 1.45 bits per heavy atom. The van der Waals surface area contributed by atoms with Crippen LogP contribution in [0.5, 0.6) is 0 Å². The van der Waals surface area contributed by atoms with Crippen LogP contribution >= 0.6 is 11.6 Å². The molecule has 0 bridgehead atoms. The summed E-state index contributed by atoms with van der Waals surface area (Å²) < 4.78 is 0. The molecule has 0 aromatic heterocycles. The SMILES string of the molecule is O=C(O)C1CCCN1C(=O)c1cccc(Cl)c1[N+](=O)[O-]. The van der Waals surface area contributed by atoms with E-state index in [0.717, 1.165) is 4.90 Å². The summed E-state index contributed by atoms with van der Waals surface area (Å²) in [4.78, 5) is 34.8. The van der Waals surface area contributed by atoms with E-state index in [2.05, 4.69) is 0 Å². The maximum Gasteiger partial charge on any atom is 0.326 e. The lowest BCUT2D eigenvalue weighted by Crippen LogP contribution is -2.40. The van der Waals surface area contributed by atoms with Crippen LogP contribution in [0.25, 0.3) is 0 Å². The fourth-order valence-corrected chi connectivity index (χ4v) is 2.54. The zero-order valence-electron chi connectivity index (χ0n) is 10.3. The number of aliphatic carboxylic acids is 1. The van der Waals surface area contributed by atoms with E-state index >= 15 is 0 Å². The molecule has 1 N–H and O–H groups in total. The van der Waals surface area contributed by atoms with Crippen LogP contribution in [0.4, 0.5) is 5.69 Å². The third-order valence-electron chi connectivity index (χ3n) is 3.20. The van der Waals surface area contributed by atoms with Gasteiger partial charge in [0.05, 0.1) is 4.92 Å². The predicted octanol–water partition coefficient (Wildman–Crippen LogP) is 1.94. The van der Waals surface area contributed by atoms with Crippen molar-refractivity contribution < 1.29 is 19.6 Å². The van der Waals surface area contributed by atoms with Gasteiger partial charge in [-0.2, -0.15) is 0 Å². The van der Waals surface area contributed by atoms with Crippen molar-refractivity contribution in [3.05, 3.63) is 38.9 Å². The van der Waals surface area contributed by atoms with Crippen LogP contribution in [0.2, 0.25) is 5.02 Å². The van der Waals surface area contributed by atoms with Gasteiger partial charge in [-0.05, 0) is 25.0 Å². The third-order valence-corrected chi connectivity index (χ3v) is 3.50. The number of likely N-dealkylation sites (tertiary alicyclic amines) is 1. The summed E-state index contributed by atoms with van der Waals surface area (Å²) in [6.07, 6.45) is 0.895. The molecule has 1 fully saturated rings. The number of para-hydroxylation sites is 1. The Hall–Kier alpha value is -2.15. The predicted molar refractivity (Wildman–Crippen MR) is 69.8 cm³/mol. The largest absolute Gasteiger partial charge is 0.480 e. The van der Waals surface area contributed by atoms with Crippen LogP contribution in [0.3, 0.4) is 0 Å². The van der Waals surface area contributed by atoms with E-state index in [4.69, 9.17) is 16.7 Å². The minimum absolute atomic E-state index is 0.146. The minimum Gasteiger partial charge on any atom is -0.480 e. The molecule has 0 saturated carbocycles. The number of hydrogen-bond donors (Lipinski definition) is 1. The number of amides is 1. The molecule has 0 spiro atoms. The first-order valence-corrected chi connectivity index (χ1v) is 6.28. The highest BCUT2D eigenvalue weighted by Crippen LogP contribution is 2.31. The molecule has 1 aliphatic heterocycles. The Balaban J connectivity index is 2.42.